The number of phenols is 1. The molecule has 1 aromatic rings. The topological polar surface area (TPSA) is 40.5 Å². The van der Waals surface area contributed by atoms with Crippen LogP contribution < -0.4 is 0 Å². The SMILES string of the molecule is CCC1CCN(C(=O)c2ccc(O)cc2)C1. The number of carbonyl (C=O) groups is 1. The van der Waals surface area contributed by atoms with E-state index in [1.165, 1.54) is 0 Å². The van der Waals surface area contributed by atoms with Gasteiger partial charge in [0.25, 0.3) is 5.91 Å². The Kier molecular flexibility index (Phi) is 3.13. The van der Waals surface area contributed by atoms with E-state index in [2.05, 4.69) is 6.92 Å². The van der Waals surface area contributed by atoms with Crippen LogP contribution in [0.15, 0.2) is 24.3 Å². The second kappa shape index (κ2) is 4.56. The number of nitrogens with zero attached hydrogens (tertiary/aromatic N) is 1. The van der Waals surface area contributed by atoms with Crippen LogP contribution in [-0.2, 0) is 0 Å². The van der Waals surface area contributed by atoms with E-state index in [4.69, 9.17) is 5.11 Å². The Morgan fingerprint density at radius 2 is 2.12 bits per heavy atom. The predicted molar refractivity (Wildman–Crippen MR) is 62.4 cm³/mol. The molecule has 1 fully saturated rings. The fourth-order valence-electron chi connectivity index (χ4n) is 2.14. The number of aromatic hydroxyl groups is 1. The Labute approximate surface area is 95.7 Å². The van der Waals surface area contributed by atoms with Gasteiger partial charge in [0.2, 0.25) is 0 Å². The molecule has 0 aromatic heterocycles. The summed E-state index contributed by atoms with van der Waals surface area (Å²) in [7, 11) is 0. The van der Waals surface area contributed by atoms with Crippen molar-refractivity contribution in [3.8, 4) is 5.75 Å². The molecule has 3 nitrogen and oxygen atoms in total. The summed E-state index contributed by atoms with van der Waals surface area (Å²) in [5, 5.41) is 9.16. The second-order valence-electron chi connectivity index (χ2n) is 4.36. The number of phenolic OH excluding ortho intramolecular Hbond substituents is 1. The first kappa shape index (κ1) is 11.0. The molecule has 1 N–H and O–H groups in total. The number of amides is 1. The summed E-state index contributed by atoms with van der Waals surface area (Å²) in [5.41, 5.74) is 0.662. The molecule has 16 heavy (non-hydrogen) atoms. The van der Waals surface area contributed by atoms with Gasteiger partial charge in [0.15, 0.2) is 0 Å². The molecule has 1 aromatic carbocycles. The van der Waals surface area contributed by atoms with Crippen molar-refractivity contribution < 1.29 is 9.90 Å². The van der Waals surface area contributed by atoms with Crippen LogP contribution in [0.3, 0.4) is 0 Å². The van der Waals surface area contributed by atoms with Crippen LogP contribution in [0.2, 0.25) is 0 Å². The van der Waals surface area contributed by atoms with Crippen LogP contribution in [0.5, 0.6) is 5.75 Å². The molecule has 1 aliphatic heterocycles. The first-order valence-electron chi connectivity index (χ1n) is 5.79. The average Bonchev–Trinajstić information content (AvgIpc) is 2.77. The molecular formula is C13H17NO2. The molecule has 86 valence electrons. The molecule has 2 rings (SSSR count). The number of rotatable bonds is 2. The Balaban J connectivity index is 2.05. The molecule has 1 unspecified atom stereocenters. The van der Waals surface area contributed by atoms with Gasteiger partial charge in [0.1, 0.15) is 5.75 Å². The highest BCUT2D eigenvalue weighted by Gasteiger charge is 2.25. The zero-order valence-electron chi connectivity index (χ0n) is 9.52. The molecule has 1 aliphatic rings. The van der Waals surface area contributed by atoms with Gasteiger partial charge in [-0.3, -0.25) is 4.79 Å². The van der Waals surface area contributed by atoms with Crippen molar-refractivity contribution in [1.29, 1.82) is 0 Å². The molecule has 3 heteroatoms. The highest BCUT2D eigenvalue weighted by Crippen LogP contribution is 2.21. The van der Waals surface area contributed by atoms with Gasteiger partial charge in [0, 0.05) is 18.7 Å². The van der Waals surface area contributed by atoms with Crippen molar-refractivity contribution in [2.24, 2.45) is 5.92 Å². The van der Waals surface area contributed by atoms with E-state index in [1.54, 1.807) is 24.3 Å². The Morgan fingerprint density at radius 3 is 2.69 bits per heavy atom. The standard InChI is InChI=1S/C13H17NO2/c1-2-10-7-8-14(9-10)13(16)11-3-5-12(15)6-4-11/h3-6,10,15H,2,7-9H2,1H3. The van der Waals surface area contributed by atoms with E-state index in [0.717, 1.165) is 25.9 Å². The highest BCUT2D eigenvalue weighted by molar-refractivity contribution is 5.94. The van der Waals surface area contributed by atoms with Gasteiger partial charge in [-0.05, 0) is 36.6 Å². The molecule has 1 amide bonds. The van der Waals surface area contributed by atoms with Gasteiger partial charge >= 0.3 is 0 Å². The molecule has 1 atom stereocenters. The minimum absolute atomic E-state index is 0.0796. The van der Waals surface area contributed by atoms with E-state index in [0.29, 0.717) is 11.5 Å². The highest BCUT2D eigenvalue weighted by atomic mass is 16.3. The Morgan fingerprint density at radius 1 is 1.44 bits per heavy atom. The maximum Gasteiger partial charge on any atom is 0.253 e. The lowest BCUT2D eigenvalue weighted by atomic mass is 10.1. The Hall–Kier alpha value is -1.51. The lowest BCUT2D eigenvalue weighted by Crippen LogP contribution is -2.28. The zero-order valence-corrected chi connectivity index (χ0v) is 9.52. The van der Waals surface area contributed by atoms with Crippen molar-refractivity contribution in [3.05, 3.63) is 29.8 Å². The van der Waals surface area contributed by atoms with E-state index in [1.807, 2.05) is 4.90 Å². The van der Waals surface area contributed by atoms with E-state index < -0.39 is 0 Å². The van der Waals surface area contributed by atoms with Crippen LogP contribution >= 0.6 is 0 Å². The molecule has 0 bridgehead atoms. The van der Waals surface area contributed by atoms with Gasteiger partial charge < -0.3 is 10.0 Å². The zero-order chi connectivity index (χ0) is 11.5. The van der Waals surface area contributed by atoms with Crippen molar-refractivity contribution in [2.75, 3.05) is 13.1 Å². The lowest BCUT2D eigenvalue weighted by Gasteiger charge is -2.16. The monoisotopic (exact) mass is 219 g/mol. The number of hydrogen-bond donors (Lipinski definition) is 1. The minimum atomic E-state index is 0.0796. The molecular weight excluding hydrogens is 202 g/mol. The van der Waals surface area contributed by atoms with Crippen molar-refractivity contribution in [2.45, 2.75) is 19.8 Å². The normalized spacial score (nSPS) is 20.1. The van der Waals surface area contributed by atoms with Crippen molar-refractivity contribution in [3.63, 3.8) is 0 Å². The maximum absolute atomic E-state index is 12.1. The molecule has 0 saturated carbocycles. The number of hydrogen-bond acceptors (Lipinski definition) is 2. The van der Waals surface area contributed by atoms with E-state index in [9.17, 15) is 4.79 Å². The molecule has 1 heterocycles. The predicted octanol–water partition coefficient (Wildman–Crippen LogP) is 2.26. The van der Waals surface area contributed by atoms with Gasteiger partial charge in [-0.25, -0.2) is 0 Å². The summed E-state index contributed by atoms with van der Waals surface area (Å²) in [6.45, 7) is 3.90. The lowest BCUT2D eigenvalue weighted by molar-refractivity contribution is 0.0787. The third kappa shape index (κ3) is 2.18. The quantitative estimate of drug-likeness (QED) is 0.828. The van der Waals surface area contributed by atoms with Gasteiger partial charge in [0.05, 0.1) is 0 Å². The largest absolute Gasteiger partial charge is 0.508 e. The van der Waals surface area contributed by atoms with Crippen LogP contribution in [0.1, 0.15) is 30.1 Å². The van der Waals surface area contributed by atoms with E-state index >= 15 is 0 Å². The van der Waals surface area contributed by atoms with Gasteiger partial charge in [-0.1, -0.05) is 13.3 Å². The number of benzene rings is 1. The fraction of sp³-hybridized carbons (Fsp3) is 0.462. The van der Waals surface area contributed by atoms with Crippen LogP contribution in [0.25, 0.3) is 0 Å². The summed E-state index contributed by atoms with van der Waals surface area (Å²) in [6.07, 6.45) is 2.25. The van der Waals surface area contributed by atoms with E-state index in [-0.39, 0.29) is 11.7 Å². The first-order valence-corrected chi connectivity index (χ1v) is 5.79. The maximum atomic E-state index is 12.1. The second-order valence-corrected chi connectivity index (χ2v) is 4.36. The third-order valence-corrected chi connectivity index (χ3v) is 3.26. The average molecular weight is 219 g/mol. The first-order chi connectivity index (χ1) is 7.70. The number of likely N-dealkylation sites (tertiary alicyclic amines) is 1. The summed E-state index contributed by atoms with van der Waals surface area (Å²) < 4.78 is 0. The van der Waals surface area contributed by atoms with Crippen LogP contribution in [0.4, 0.5) is 0 Å². The van der Waals surface area contributed by atoms with Crippen LogP contribution in [-0.4, -0.2) is 29.0 Å². The summed E-state index contributed by atoms with van der Waals surface area (Å²) >= 11 is 0. The molecule has 1 saturated heterocycles. The minimum Gasteiger partial charge on any atom is -0.508 e. The fourth-order valence-corrected chi connectivity index (χ4v) is 2.14. The van der Waals surface area contributed by atoms with Crippen molar-refractivity contribution in [1.82, 2.24) is 4.90 Å². The summed E-state index contributed by atoms with van der Waals surface area (Å²) in [6, 6.07) is 6.47. The Bertz CT molecular complexity index is 372. The molecule has 0 radical (unpaired) electrons. The third-order valence-electron chi connectivity index (χ3n) is 3.26. The molecule has 0 spiro atoms. The van der Waals surface area contributed by atoms with Crippen LogP contribution in [0, 0.1) is 5.92 Å². The van der Waals surface area contributed by atoms with Gasteiger partial charge in [-0.2, -0.15) is 0 Å². The number of carbonyl (C=O) groups excluding carboxylic acids is 1. The smallest absolute Gasteiger partial charge is 0.253 e. The van der Waals surface area contributed by atoms with Crippen molar-refractivity contribution >= 4 is 5.91 Å². The van der Waals surface area contributed by atoms with Gasteiger partial charge in [-0.15, -0.1) is 0 Å². The summed E-state index contributed by atoms with van der Waals surface area (Å²) in [4.78, 5) is 14.0. The summed E-state index contributed by atoms with van der Waals surface area (Å²) in [5.74, 6) is 0.932. The molecule has 0 aliphatic carbocycles.